The minimum absolute atomic E-state index is 0.135. The molecular formula is C20H20ClNO4. The first kappa shape index (κ1) is 19.5. The van der Waals surface area contributed by atoms with Gasteiger partial charge in [-0.2, -0.15) is 0 Å². The van der Waals surface area contributed by atoms with Gasteiger partial charge in [-0.3, -0.25) is 4.79 Å². The highest BCUT2D eigenvalue weighted by Gasteiger charge is 2.17. The molecule has 0 amide bonds. The largest absolute Gasteiger partial charge is 0.495 e. The van der Waals surface area contributed by atoms with Crippen molar-refractivity contribution in [2.45, 2.75) is 6.92 Å². The SMILES string of the molecule is C=C(C)C(=O)OCCNc1cc(OC)c(Cl)cc1C(=O)c1ccccc1. The van der Waals surface area contributed by atoms with Gasteiger partial charge in [0.15, 0.2) is 5.78 Å². The third-order valence-electron chi connectivity index (χ3n) is 3.57. The maximum atomic E-state index is 12.8. The fourth-order valence-corrected chi connectivity index (χ4v) is 2.48. The van der Waals surface area contributed by atoms with Crippen LogP contribution < -0.4 is 10.1 Å². The zero-order valence-corrected chi connectivity index (χ0v) is 15.4. The van der Waals surface area contributed by atoms with E-state index in [2.05, 4.69) is 11.9 Å². The normalized spacial score (nSPS) is 10.1. The van der Waals surface area contributed by atoms with Crippen LogP contribution in [0.2, 0.25) is 5.02 Å². The van der Waals surface area contributed by atoms with Crippen molar-refractivity contribution in [1.29, 1.82) is 0 Å². The lowest BCUT2D eigenvalue weighted by Crippen LogP contribution is -2.16. The summed E-state index contributed by atoms with van der Waals surface area (Å²) in [5, 5.41) is 3.43. The predicted octanol–water partition coefficient (Wildman–Crippen LogP) is 4.11. The first-order valence-corrected chi connectivity index (χ1v) is 8.35. The molecule has 2 aromatic rings. The predicted molar refractivity (Wildman–Crippen MR) is 102 cm³/mol. The molecule has 2 aromatic carbocycles. The van der Waals surface area contributed by atoms with E-state index in [1.54, 1.807) is 43.3 Å². The van der Waals surface area contributed by atoms with E-state index in [9.17, 15) is 9.59 Å². The van der Waals surface area contributed by atoms with Gasteiger partial charge >= 0.3 is 5.97 Å². The molecule has 0 heterocycles. The number of ether oxygens (including phenoxy) is 2. The van der Waals surface area contributed by atoms with Gasteiger partial charge < -0.3 is 14.8 Å². The number of hydrogen-bond donors (Lipinski definition) is 1. The van der Waals surface area contributed by atoms with Crippen molar-refractivity contribution in [2.24, 2.45) is 0 Å². The van der Waals surface area contributed by atoms with Gasteiger partial charge in [-0.15, -0.1) is 0 Å². The highest BCUT2D eigenvalue weighted by Crippen LogP contribution is 2.32. The zero-order chi connectivity index (χ0) is 19.1. The molecule has 0 fully saturated rings. The van der Waals surface area contributed by atoms with Gasteiger partial charge in [-0.25, -0.2) is 4.79 Å². The van der Waals surface area contributed by atoms with Gasteiger partial charge in [0, 0.05) is 35.0 Å². The summed E-state index contributed by atoms with van der Waals surface area (Å²) >= 11 is 6.19. The van der Waals surface area contributed by atoms with Crippen LogP contribution in [0.5, 0.6) is 5.75 Å². The highest BCUT2D eigenvalue weighted by molar-refractivity contribution is 6.33. The van der Waals surface area contributed by atoms with Crippen LogP contribution in [0.3, 0.4) is 0 Å². The second-order valence-corrected chi connectivity index (χ2v) is 5.98. The van der Waals surface area contributed by atoms with Crippen LogP contribution in [0.4, 0.5) is 5.69 Å². The molecule has 6 heteroatoms. The molecule has 0 aliphatic rings. The maximum Gasteiger partial charge on any atom is 0.333 e. The average Bonchev–Trinajstić information content (AvgIpc) is 2.65. The van der Waals surface area contributed by atoms with Crippen LogP contribution >= 0.6 is 11.6 Å². The number of methoxy groups -OCH3 is 1. The van der Waals surface area contributed by atoms with Gasteiger partial charge in [0.25, 0.3) is 0 Å². The molecule has 0 unspecified atom stereocenters. The minimum Gasteiger partial charge on any atom is -0.495 e. The summed E-state index contributed by atoms with van der Waals surface area (Å²) in [4.78, 5) is 24.2. The van der Waals surface area contributed by atoms with Crippen molar-refractivity contribution in [3.63, 3.8) is 0 Å². The van der Waals surface area contributed by atoms with E-state index in [1.165, 1.54) is 7.11 Å². The Morgan fingerprint density at radius 1 is 1.19 bits per heavy atom. The van der Waals surface area contributed by atoms with Gasteiger partial charge in [-0.05, 0) is 13.0 Å². The van der Waals surface area contributed by atoms with Crippen molar-refractivity contribution in [3.05, 3.63) is 70.8 Å². The maximum absolute atomic E-state index is 12.8. The molecule has 0 saturated carbocycles. The average molecular weight is 374 g/mol. The quantitative estimate of drug-likeness (QED) is 0.326. The Hall–Kier alpha value is -2.79. The zero-order valence-electron chi connectivity index (χ0n) is 14.7. The van der Waals surface area contributed by atoms with Crippen molar-refractivity contribution in [1.82, 2.24) is 0 Å². The van der Waals surface area contributed by atoms with Crippen LogP contribution in [0.15, 0.2) is 54.6 Å². The van der Waals surface area contributed by atoms with Crippen LogP contribution in [0, 0.1) is 0 Å². The Bertz CT molecular complexity index is 818. The second kappa shape index (κ2) is 9.06. The molecule has 0 spiro atoms. The molecule has 0 aliphatic carbocycles. The summed E-state index contributed by atoms with van der Waals surface area (Å²) in [5.41, 5.74) is 1.84. The number of ketones is 1. The Balaban J connectivity index is 2.21. The number of carbonyl (C=O) groups is 2. The molecule has 2 rings (SSSR count). The molecule has 5 nitrogen and oxygen atoms in total. The molecule has 26 heavy (non-hydrogen) atoms. The summed E-state index contributed by atoms with van der Waals surface area (Å²) in [5.74, 6) is -0.185. The van der Waals surface area contributed by atoms with Gasteiger partial charge in [0.1, 0.15) is 12.4 Å². The van der Waals surface area contributed by atoms with E-state index in [1.807, 2.05) is 6.07 Å². The number of rotatable bonds is 8. The van der Waals surface area contributed by atoms with E-state index in [-0.39, 0.29) is 12.4 Å². The topological polar surface area (TPSA) is 64.6 Å². The van der Waals surface area contributed by atoms with Crippen molar-refractivity contribution >= 4 is 29.0 Å². The van der Waals surface area contributed by atoms with Crippen LogP contribution in [0.25, 0.3) is 0 Å². The van der Waals surface area contributed by atoms with E-state index >= 15 is 0 Å². The summed E-state index contributed by atoms with van der Waals surface area (Å²) in [6, 6.07) is 12.1. The van der Waals surface area contributed by atoms with Gasteiger partial charge in [0.05, 0.1) is 12.1 Å². The Morgan fingerprint density at radius 2 is 1.88 bits per heavy atom. The van der Waals surface area contributed by atoms with Gasteiger partial charge in [-0.1, -0.05) is 48.5 Å². The molecule has 0 saturated heterocycles. The molecule has 0 aromatic heterocycles. The Labute approximate surface area is 157 Å². The fourth-order valence-electron chi connectivity index (χ4n) is 2.24. The molecule has 1 N–H and O–H groups in total. The number of halogens is 1. The lowest BCUT2D eigenvalue weighted by Gasteiger charge is -2.14. The first-order chi connectivity index (χ1) is 12.4. The lowest BCUT2D eigenvalue weighted by molar-refractivity contribution is -0.138. The molecular weight excluding hydrogens is 354 g/mol. The standard InChI is InChI=1S/C20H20ClNO4/c1-13(2)20(24)26-10-9-22-17-12-18(25-3)16(21)11-15(17)19(23)14-7-5-4-6-8-14/h4-8,11-12,22H,1,9-10H2,2-3H3. The summed E-state index contributed by atoms with van der Waals surface area (Å²) < 4.78 is 10.3. The molecule has 0 atom stereocenters. The second-order valence-electron chi connectivity index (χ2n) is 5.57. The van der Waals surface area contributed by atoms with E-state index < -0.39 is 5.97 Å². The van der Waals surface area contributed by atoms with Crippen LogP contribution in [0.1, 0.15) is 22.8 Å². The summed E-state index contributed by atoms with van der Waals surface area (Å²) in [6.07, 6.45) is 0. The van der Waals surface area contributed by atoms with E-state index in [4.69, 9.17) is 21.1 Å². The summed E-state index contributed by atoms with van der Waals surface area (Å²) in [6.45, 7) is 5.56. The monoisotopic (exact) mass is 373 g/mol. The third-order valence-corrected chi connectivity index (χ3v) is 3.87. The van der Waals surface area contributed by atoms with Crippen molar-refractivity contribution in [3.8, 4) is 5.75 Å². The molecule has 0 aliphatic heterocycles. The summed E-state index contributed by atoms with van der Waals surface area (Å²) in [7, 11) is 1.50. The van der Waals surface area contributed by atoms with Crippen LogP contribution in [-0.4, -0.2) is 32.0 Å². The molecule has 136 valence electrons. The van der Waals surface area contributed by atoms with Crippen LogP contribution in [-0.2, 0) is 9.53 Å². The lowest BCUT2D eigenvalue weighted by atomic mass is 10.0. The molecule has 0 radical (unpaired) electrons. The number of anilines is 1. The van der Waals surface area contributed by atoms with Crippen molar-refractivity contribution < 1.29 is 19.1 Å². The smallest absolute Gasteiger partial charge is 0.333 e. The number of nitrogens with one attached hydrogen (secondary N) is 1. The molecule has 0 bridgehead atoms. The first-order valence-electron chi connectivity index (χ1n) is 7.97. The van der Waals surface area contributed by atoms with Gasteiger partial charge in [0.2, 0.25) is 0 Å². The number of esters is 1. The minimum atomic E-state index is -0.457. The fraction of sp³-hybridized carbons (Fsp3) is 0.200. The van der Waals surface area contributed by atoms with Crippen molar-refractivity contribution in [2.75, 3.05) is 25.6 Å². The van der Waals surface area contributed by atoms with E-state index in [0.717, 1.165) is 0 Å². The number of benzene rings is 2. The number of hydrogen-bond acceptors (Lipinski definition) is 5. The highest BCUT2D eigenvalue weighted by atomic mass is 35.5. The Kier molecular flexibility index (Phi) is 6.81. The van der Waals surface area contributed by atoms with E-state index in [0.29, 0.717) is 39.7 Å². The third kappa shape index (κ3) is 4.86. The number of carbonyl (C=O) groups excluding carboxylic acids is 2. The Morgan fingerprint density at radius 3 is 2.50 bits per heavy atom.